The van der Waals surface area contributed by atoms with Crippen molar-refractivity contribution in [3.8, 4) is 0 Å². The topological polar surface area (TPSA) is 49.4 Å². The molecule has 0 bridgehead atoms. The van der Waals surface area contributed by atoms with Gasteiger partial charge in [-0.05, 0) is 47.7 Å². The highest BCUT2D eigenvalue weighted by atomic mass is 35.5. The van der Waals surface area contributed by atoms with Crippen LogP contribution in [0.25, 0.3) is 0 Å². The minimum atomic E-state index is -0.738. The second kappa shape index (κ2) is 14.9. The van der Waals surface area contributed by atoms with Gasteiger partial charge in [-0.25, -0.2) is 0 Å². The summed E-state index contributed by atoms with van der Waals surface area (Å²) in [6, 6.07) is 34.3. The first kappa shape index (κ1) is 30.4. The first-order chi connectivity index (χ1) is 19.9. The van der Waals surface area contributed by atoms with E-state index in [9.17, 15) is 9.59 Å². The molecule has 4 rings (SSSR count). The van der Waals surface area contributed by atoms with Crippen LogP contribution >= 0.6 is 23.2 Å². The zero-order chi connectivity index (χ0) is 29.2. The van der Waals surface area contributed by atoms with Crippen LogP contribution in [0.3, 0.4) is 0 Å². The van der Waals surface area contributed by atoms with Crippen molar-refractivity contribution in [2.45, 2.75) is 57.7 Å². The summed E-state index contributed by atoms with van der Waals surface area (Å²) in [7, 11) is 0. The molecule has 0 spiro atoms. The number of carbonyl (C=O) groups excluding carboxylic acids is 2. The highest BCUT2D eigenvalue weighted by Crippen LogP contribution is 2.31. The molecule has 1 N–H and O–H groups in total. The summed E-state index contributed by atoms with van der Waals surface area (Å²) in [5.74, 6) is -0.491. The van der Waals surface area contributed by atoms with Crippen molar-refractivity contribution in [3.05, 3.63) is 141 Å². The second-order valence-corrected chi connectivity index (χ2v) is 11.2. The zero-order valence-corrected chi connectivity index (χ0v) is 25.0. The van der Waals surface area contributed by atoms with Gasteiger partial charge in [-0.15, -0.1) is 0 Å². The molecule has 0 aliphatic rings. The summed E-state index contributed by atoms with van der Waals surface area (Å²) in [5.41, 5.74) is 3.79. The van der Waals surface area contributed by atoms with Crippen molar-refractivity contribution in [3.63, 3.8) is 0 Å². The van der Waals surface area contributed by atoms with Crippen LogP contribution < -0.4 is 5.32 Å². The Balaban J connectivity index is 1.76. The molecule has 0 aromatic heterocycles. The Bertz CT molecular complexity index is 1370. The molecule has 2 amide bonds. The predicted octanol–water partition coefficient (Wildman–Crippen LogP) is 8.07. The molecule has 41 heavy (non-hydrogen) atoms. The highest BCUT2D eigenvalue weighted by Gasteiger charge is 2.33. The van der Waals surface area contributed by atoms with Crippen LogP contribution in [-0.4, -0.2) is 28.8 Å². The number of nitrogens with one attached hydrogen (secondary N) is 1. The van der Waals surface area contributed by atoms with Crippen LogP contribution in [0.1, 0.15) is 54.9 Å². The van der Waals surface area contributed by atoms with Gasteiger partial charge in [0.2, 0.25) is 11.8 Å². The first-order valence-corrected chi connectivity index (χ1v) is 14.8. The Hall–Kier alpha value is -3.60. The van der Waals surface area contributed by atoms with E-state index < -0.39 is 6.04 Å². The molecule has 2 atom stereocenters. The third-order valence-electron chi connectivity index (χ3n) is 7.41. The van der Waals surface area contributed by atoms with E-state index in [2.05, 4.69) is 5.32 Å². The van der Waals surface area contributed by atoms with Gasteiger partial charge >= 0.3 is 0 Å². The van der Waals surface area contributed by atoms with Crippen LogP contribution in [0.4, 0.5) is 0 Å². The van der Waals surface area contributed by atoms with Crippen molar-refractivity contribution >= 4 is 35.0 Å². The Morgan fingerprint density at radius 2 is 1.37 bits per heavy atom. The standard InChI is InChI=1S/C35H36Cl2N2O2/c1-3-25(2)38-35(41)33(21-26-13-7-4-8-14-26)39(24-29-19-20-30(36)22-32(29)37)34(40)23-31(27-15-9-5-10-16-27)28-17-11-6-12-18-28/h4-20,22,25,31,33H,3,21,23-24H2,1-2H3,(H,38,41). The fourth-order valence-corrected chi connectivity index (χ4v) is 5.39. The van der Waals surface area contributed by atoms with Crippen molar-refractivity contribution < 1.29 is 9.59 Å². The van der Waals surface area contributed by atoms with E-state index >= 15 is 0 Å². The minimum absolute atomic E-state index is 0.0294. The minimum Gasteiger partial charge on any atom is -0.352 e. The lowest BCUT2D eigenvalue weighted by molar-refractivity contribution is -0.141. The molecule has 0 radical (unpaired) electrons. The summed E-state index contributed by atoms with van der Waals surface area (Å²) in [6.45, 7) is 4.18. The lowest BCUT2D eigenvalue weighted by atomic mass is 9.87. The number of amides is 2. The fourth-order valence-electron chi connectivity index (χ4n) is 4.92. The predicted molar refractivity (Wildman–Crippen MR) is 168 cm³/mol. The number of carbonyl (C=O) groups is 2. The molecule has 0 saturated carbocycles. The molecule has 0 saturated heterocycles. The van der Waals surface area contributed by atoms with E-state index in [1.54, 1.807) is 17.0 Å². The fraction of sp³-hybridized carbons (Fsp3) is 0.257. The summed E-state index contributed by atoms with van der Waals surface area (Å²) < 4.78 is 0. The summed E-state index contributed by atoms with van der Waals surface area (Å²) >= 11 is 12.8. The number of halogens is 2. The number of hydrogen-bond donors (Lipinski definition) is 1. The zero-order valence-electron chi connectivity index (χ0n) is 23.5. The lowest BCUT2D eigenvalue weighted by Crippen LogP contribution is -2.52. The van der Waals surface area contributed by atoms with Crippen LogP contribution in [0.15, 0.2) is 109 Å². The van der Waals surface area contributed by atoms with Gasteiger partial charge in [-0.2, -0.15) is 0 Å². The molecule has 0 aliphatic carbocycles. The first-order valence-electron chi connectivity index (χ1n) is 14.0. The SMILES string of the molecule is CCC(C)NC(=O)C(Cc1ccccc1)N(Cc1ccc(Cl)cc1Cl)C(=O)CC(c1ccccc1)c1ccccc1. The van der Waals surface area contributed by atoms with Gasteiger partial charge < -0.3 is 10.2 Å². The van der Waals surface area contributed by atoms with E-state index in [-0.39, 0.29) is 36.7 Å². The summed E-state index contributed by atoms with van der Waals surface area (Å²) in [4.78, 5) is 30.0. The average Bonchev–Trinajstić information content (AvgIpc) is 2.99. The van der Waals surface area contributed by atoms with Crippen LogP contribution in [0, 0.1) is 0 Å². The smallest absolute Gasteiger partial charge is 0.243 e. The van der Waals surface area contributed by atoms with E-state index in [1.165, 1.54) is 0 Å². The normalized spacial score (nSPS) is 12.5. The molecule has 4 nitrogen and oxygen atoms in total. The van der Waals surface area contributed by atoms with Crippen molar-refractivity contribution in [2.75, 3.05) is 0 Å². The third kappa shape index (κ3) is 8.45. The monoisotopic (exact) mass is 586 g/mol. The van der Waals surface area contributed by atoms with Gasteiger partial charge in [-0.1, -0.05) is 127 Å². The molecule has 6 heteroatoms. The number of benzene rings is 4. The molecule has 0 fully saturated rings. The molecule has 4 aromatic carbocycles. The highest BCUT2D eigenvalue weighted by molar-refractivity contribution is 6.35. The van der Waals surface area contributed by atoms with Crippen LogP contribution in [-0.2, 0) is 22.6 Å². The van der Waals surface area contributed by atoms with Crippen LogP contribution in [0.2, 0.25) is 10.0 Å². The van der Waals surface area contributed by atoms with E-state index in [0.717, 1.165) is 28.7 Å². The van der Waals surface area contributed by atoms with Crippen LogP contribution in [0.5, 0.6) is 0 Å². The van der Waals surface area contributed by atoms with E-state index in [0.29, 0.717) is 16.5 Å². The second-order valence-electron chi connectivity index (χ2n) is 10.4. The maximum atomic E-state index is 14.5. The Labute approximate surface area is 253 Å². The Morgan fingerprint density at radius 3 is 1.90 bits per heavy atom. The number of hydrogen-bond acceptors (Lipinski definition) is 2. The molecule has 212 valence electrons. The molecule has 0 heterocycles. The number of rotatable bonds is 12. The van der Waals surface area contributed by atoms with Gasteiger partial charge in [0.05, 0.1) is 0 Å². The summed E-state index contributed by atoms with van der Waals surface area (Å²) in [6.07, 6.45) is 1.35. The van der Waals surface area contributed by atoms with Crippen molar-refractivity contribution in [1.29, 1.82) is 0 Å². The van der Waals surface area contributed by atoms with Gasteiger partial charge in [0.15, 0.2) is 0 Å². The molecular formula is C35H36Cl2N2O2. The summed E-state index contributed by atoms with van der Waals surface area (Å²) in [5, 5.41) is 4.10. The Morgan fingerprint density at radius 1 is 0.805 bits per heavy atom. The molecular weight excluding hydrogens is 551 g/mol. The van der Waals surface area contributed by atoms with Gasteiger partial charge in [0.25, 0.3) is 0 Å². The van der Waals surface area contributed by atoms with Crippen molar-refractivity contribution in [2.24, 2.45) is 0 Å². The molecule has 0 aliphatic heterocycles. The van der Waals surface area contributed by atoms with Crippen molar-refractivity contribution in [1.82, 2.24) is 10.2 Å². The quantitative estimate of drug-likeness (QED) is 0.182. The van der Waals surface area contributed by atoms with E-state index in [4.69, 9.17) is 23.2 Å². The van der Waals surface area contributed by atoms with Gasteiger partial charge in [0, 0.05) is 41.4 Å². The average molecular weight is 588 g/mol. The van der Waals surface area contributed by atoms with Gasteiger partial charge in [0.1, 0.15) is 6.04 Å². The van der Waals surface area contributed by atoms with E-state index in [1.807, 2.05) is 111 Å². The number of nitrogens with zero attached hydrogens (tertiary/aromatic N) is 1. The Kier molecular flexibility index (Phi) is 11.0. The van der Waals surface area contributed by atoms with Gasteiger partial charge in [-0.3, -0.25) is 9.59 Å². The maximum Gasteiger partial charge on any atom is 0.243 e. The third-order valence-corrected chi connectivity index (χ3v) is 8.00. The molecule has 4 aromatic rings. The largest absolute Gasteiger partial charge is 0.352 e. The maximum absolute atomic E-state index is 14.5. The lowest BCUT2D eigenvalue weighted by Gasteiger charge is -2.33. The molecule has 2 unspecified atom stereocenters.